The van der Waals surface area contributed by atoms with Gasteiger partial charge in [0.25, 0.3) is 0 Å². The van der Waals surface area contributed by atoms with Gasteiger partial charge < -0.3 is 20.3 Å². The van der Waals surface area contributed by atoms with Crippen LogP contribution in [0.25, 0.3) is 0 Å². The Labute approximate surface area is 128 Å². The molecule has 0 fully saturated rings. The molecule has 2 aromatic carbocycles. The summed E-state index contributed by atoms with van der Waals surface area (Å²) in [5.74, 6) is 1.51. The number of rotatable bonds is 2. The number of hydrogen-bond donors (Lipinski definition) is 2. The van der Waals surface area contributed by atoms with E-state index in [9.17, 15) is 5.11 Å². The van der Waals surface area contributed by atoms with E-state index in [2.05, 4.69) is 0 Å². The zero-order valence-corrected chi connectivity index (χ0v) is 12.3. The lowest BCUT2D eigenvalue weighted by Crippen LogP contribution is -2.24. The molecule has 1 aliphatic heterocycles. The van der Waals surface area contributed by atoms with Gasteiger partial charge in [-0.1, -0.05) is 23.7 Å². The quantitative estimate of drug-likeness (QED) is 0.890. The highest BCUT2D eigenvalue weighted by molar-refractivity contribution is 6.32. The largest absolute Gasteiger partial charge is 0.506 e. The van der Waals surface area contributed by atoms with Gasteiger partial charge in [0.05, 0.1) is 12.1 Å². The van der Waals surface area contributed by atoms with Crippen molar-refractivity contribution in [3.63, 3.8) is 0 Å². The molecule has 0 bridgehead atoms. The highest BCUT2D eigenvalue weighted by Crippen LogP contribution is 2.42. The Morgan fingerprint density at radius 2 is 2.10 bits per heavy atom. The summed E-state index contributed by atoms with van der Waals surface area (Å²) in [5, 5.41) is 9.81. The van der Waals surface area contributed by atoms with E-state index in [1.54, 1.807) is 25.3 Å². The topological polar surface area (TPSA) is 64.7 Å². The Bertz CT molecular complexity index is 675. The predicted molar refractivity (Wildman–Crippen MR) is 81.0 cm³/mol. The number of phenols is 1. The molecule has 1 heterocycles. The Morgan fingerprint density at radius 3 is 2.81 bits per heavy atom. The first-order valence-electron chi connectivity index (χ1n) is 6.67. The van der Waals surface area contributed by atoms with Gasteiger partial charge in [0.2, 0.25) is 0 Å². The maximum Gasteiger partial charge on any atom is 0.134 e. The van der Waals surface area contributed by atoms with E-state index >= 15 is 0 Å². The van der Waals surface area contributed by atoms with Crippen LogP contribution in [0, 0.1) is 0 Å². The van der Waals surface area contributed by atoms with Crippen LogP contribution in [-0.2, 0) is 0 Å². The smallest absolute Gasteiger partial charge is 0.134 e. The van der Waals surface area contributed by atoms with Crippen LogP contribution in [0.15, 0.2) is 36.4 Å². The second-order valence-corrected chi connectivity index (χ2v) is 5.47. The van der Waals surface area contributed by atoms with Crippen LogP contribution >= 0.6 is 11.6 Å². The summed E-state index contributed by atoms with van der Waals surface area (Å²) >= 11 is 5.96. The molecule has 0 saturated heterocycles. The first-order valence-corrected chi connectivity index (χ1v) is 7.05. The van der Waals surface area contributed by atoms with Gasteiger partial charge in [0, 0.05) is 24.1 Å². The van der Waals surface area contributed by atoms with E-state index in [4.69, 9.17) is 26.8 Å². The molecular weight excluding hydrogens is 290 g/mol. The lowest BCUT2D eigenvalue weighted by molar-refractivity contribution is 0.161. The van der Waals surface area contributed by atoms with Gasteiger partial charge in [-0.15, -0.1) is 0 Å². The van der Waals surface area contributed by atoms with Crippen molar-refractivity contribution in [2.75, 3.05) is 7.11 Å². The summed E-state index contributed by atoms with van der Waals surface area (Å²) in [7, 11) is 1.61. The minimum absolute atomic E-state index is 0.0580. The molecule has 2 aromatic rings. The lowest BCUT2D eigenvalue weighted by Gasteiger charge is -2.31. The van der Waals surface area contributed by atoms with Gasteiger partial charge >= 0.3 is 0 Å². The van der Waals surface area contributed by atoms with Crippen molar-refractivity contribution in [2.45, 2.75) is 18.6 Å². The van der Waals surface area contributed by atoms with E-state index < -0.39 is 0 Å². The van der Waals surface area contributed by atoms with Crippen molar-refractivity contribution in [2.24, 2.45) is 5.73 Å². The Morgan fingerprint density at radius 1 is 1.29 bits per heavy atom. The minimum Gasteiger partial charge on any atom is -0.506 e. The summed E-state index contributed by atoms with van der Waals surface area (Å²) < 4.78 is 11.2. The van der Waals surface area contributed by atoms with E-state index in [1.807, 2.05) is 18.2 Å². The van der Waals surface area contributed by atoms with Gasteiger partial charge in [0.15, 0.2) is 0 Å². The molecule has 0 saturated carbocycles. The van der Waals surface area contributed by atoms with E-state index in [1.165, 1.54) is 0 Å². The standard InChI is InChI=1S/C16H16ClNO3/c1-20-10-3-4-11-13(18)8-15(21-16(11)7-10)9-2-5-14(19)12(17)6-9/h2-7,13,15,19H,8,18H2,1H3. The molecule has 0 spiro atoms. The monoisotopic (exact) mass is 305 g/mol. The van der Waals surface area contributed by atoms with Crippen molar-refractivity contribution in [3.8, 4) is 17.2 Å². The van der Waals surface area contributed by atoms with Crippen molar-refractivity contribution >= 4 is 11.6 Å². The first kappa shape index (κ1) is 14.0. The van der Waals surface area contributed by atoms with E-state index in [0.717, 1.165) is 22.6 Å². The van der Waals surface area contributed by atoms with Gasteiger partial charge in [-0.25, -0.2) is 0 Å². The van der Waals surface area contributed by atoms with Gasteiger partial charge in [-0.2, -0.15) is 0 Å². The van der Waals surface area contributed by atoms with Crippen molar-refractivity contribution in [1.82, 2.24) is 0 Å². The molecule has 0 radical (unpaired) electrons. The molecule has 1 aliphatic rings. The SMILES string of the molecule is COc1ccc2c(c1)OC(c1ccc(O)c(Cl)c1)CC2N. The summed E-state index contributed by atoms with van der Waals surface area (Å²) in [6.45, 7) is 0. The number of ether oxygens (including phenoxy) is 2. The van der Waals surface area contributed by atoms with Gasteiger partial charge in [-0.05, 0) is 23.8 Å². The number of benzene rings is 2. The van der Waals surface area contributed by atoms with Gasteiger partial charge in [-0.3, -0.25) is 0 Å². The number of halogens is 1. The summed E-state index contributed by atoms with van der Waals surface area (Å²) in [6.07, 6.45) is 0.457. The number of phenolic OH excluding ortho intramolecular Hbond substituents is 1. The van der Waals surface area contributed by atoms with E-state index in [-0.39, 0.29) is 17.9 Å². The van der Waals surface area contributed by atoms with Crippen LogP contribution in [-0.4, -0.2) is 12.2 Å². The zero-order chi connectivity index (χ0) is 15.0. The normalized spacial score (nSPS) is 20.5. The highest BCUT2D eigenvalue weighted by atomic mass is 35.5. The number of nitrogens with two attached hydrogens (primary N) is 1. The maximum absolute atomic E-state index is 9.51. The van der Waals surface area contributed by atoms with Crippen molar-refractivity contribution in [1.29, 1.82) is 0 Å². The molecule has 0 aliphatic carbocycles. The van der Waals surface area contributed by atoms with Crippen LogP contribution in [0.5, 0.6) is 17.2 Å². The van der Waals surface area contributed by atoms with Crippen LogP contribution in [0.3, 0.4) is 0 Å². The number of hydrogen-bond acceptors (Lipinski definition) is 4. The third-order valence-corrected chi connectivity index (χ3v) is 4.00. The Hall–Kier alpha value is -1.91. The third kappa shape index (κ3) is 2.64. The molecule has 2 unspecified atom stereocenters. The maximum atomic E-state index is 9.51. The van der Waals surface area contributed by atoms with Crippen LogP contribution in [0.2, 0.25) is 5.02 Å². The Balaban J connectivity index is 1.94. The number of methoxy groups -OCH3 is 1. The Kier molecular flexibility index (Phi) is 3.66. The number of fused-ring (bicyclic) bond motifs is 1. The third-order valence-electron chi connectivity index (χ3n) is 3.70. The van der Waals surface area contributed by atoms with Crippen LogP contribution < -0.4 is 15.2 Å². The molecule has 5 heteroatoms. The molecular formula is C16H16ClNO3. The molecule has 0 aromatic heterocycles. The van der Waals surface area contributed by atoms with Crippen LogP contribution in [0.1, 0.15) is 29.7 Å². The molecule has 4 nitrogen and oxygen atoms in total. The average molecular weight is 306 g/mol. The second kappa shape index (κ2) is 5.47. The summed E-state index contributed by atoms with van der Waals surface area (Å²) in [6, 6.07) is 10.6. The zero-order valence-electron chi connectivity index (χ0n) is 11.5. The summed E-state index contributed by atoms with van der Waals surface area (Å²) in [4.78, 5) is 0. The molecule has 2 atom stereocenters. The van der Waals surface area contributed by atoms with Gasteiger partial charge in [0.1, 0.15) is 23.4 Å². The highest BCUT2D eigenvalue weighted by Gasteiger charge is 2.27. The molecule has 21 heavy (non-hydrogen) atoms. The van der Waals surface area contributed by atoms with E-state index in [0.29, 0.717) is 11.4 Å². The summed E-state index contributed by atoms with van der Waals surface area (Å²) in [5.41, 5.74) is 8.09. The fraction of sp³-hybridized carbons (Fsp3) is 0.250. The molecule has 0 amide bonds. The molecule has 3 N–H and O–H groups in total. The predicted octanol–water partition coefficient (Wildman–Crippen LogP) is 3.58. The molecule has 110 valence electrons. The lowest BCUT2D eigenvalue weighted by atomic mass is 9.93. The van der Waals surface area contributed by atoms with Crippen molar-refractivity contribution < 1.29 is 14.6 Å². The minimum atomic E-state index is -0.197. The fourth-order valence-electron chi connectivity index (χ4n) is 2.54. The first-order chi connectivity index (χ1) is 10.1. The molecule has 3 rings (SSSR count). The number of aromatic hydroxyl groups is 1. The second-order valence-electron chi connectivity index (χ2n) is 5.06. The average Bonchev–Trinajstić information content (AvgIpc) is 2.49. The van der Waals surface area contributed by atoms with Crippen molar-refractivity contribution in [3.05, 3.63) is 52.5 Å². The fourth-order valence-corrected chi connectivity index (χ4v) is 2.73. The van der Waals surface area contributed by atoms with Crippen LogP contribution in [0.4, 0.5) is 0 Å².